The first-order chi connectivity index (χ1) is 12.1. The molecule has 1 aromatic rings. The number of likely N-dealkylation sites (tertiary alicyclic amines) is 1. The van der Waals surface area contributed by atoms with Gasteiger partial charge >= 0.3 is 5.97 Å². The number of hydrogen-bond donors (Lipinski definition) is 1. The minimum Gasteiger partial charge on any atom is -0.497 e. The standard InChI is InChI=1S/C16H21NO5/c1-20-13-4-2-12(3-5-13)10-17-7-6-14(15(18)19)16(11-17)21-8-9-22-16/h2-5,14H,6-11H2,1H3,(H,18,19)/i6D2,7D2. The van der Waals surface area contributed by atoms with Crippen LogP contribution in [0.15, 0.2) is 24.3 Å². The first-order valence-corrected chi connectivity index (χ1v) is 7.03. The second kappa shape index (κ2) is 6.24. The SMILES string of the molecule is [2H]C1([2H])C(C(=O)O)C2(CN(Cc3ccc(OC)cc3)C1([2H])[2H])OCCO2. The highest BCUT2D eigenvalue weighted by atomic mass is 16.7. The lowest BCUT2D eigenvalue weighted by Crippen LogP contribution is -2.56. The zero-order chi connectivity index (χ0) is 19.2. The molecule has 120 valence electrons. The van der Waals surface area contributed by atoms with Crippen molar-refractivity contribution in [1.29, 1.82) is 0 Å². The molecule has 6 heteroatoms. The predicted octanol–water partition coefficient (Wildman–Crippen LogP) is 1.34. The Bertz CT molecular complexity index is 674. The Hall–Kier alpha value is -1.63. The van der Waals surface area contributed by atoms with Crippen LogP contribution in [0.25, 0.3) is 0 Å². The summed E-state index contributed by atoms with van der Waals surface area (Å²) in [5.41, 5.74) is 0.729. The van der Waals surface area contributed by atoms with Crippen molar-refractivity contribution < 1.29 is 29.6 Å². The highest BCUT2D eigenvalue weighted by molar-refractivity contribution is 5.71. The number of nitrogens with zero attached hydrogens (tertiary/aromatic N) is 1. The van der Waals surface area contributed by atoms with Gasteiger partial charge in [-0.25, -0.2) is 0 Å². The monoisotopic (exact) mass is 311 g/mol. The molecule has 2 aliphatic rings. The highest BCUT2D eigenvalue weighted by Crippen LogP contribution is 2.36. The van der Waals surface area contributed by atoms with Gasteiger partial charge in [0.05, 0.1) is 26.9 Å². The van der Waals surface area contributed by atoms with E-state index < -0.39 is 30.5 Å². The minimum absolute atomic E-state index is 0.0668. The zero-order valence-electron chi connectivity index (χ0n) is 16.2. The number of ether oxygens (including phenoxy) is 3. The van der Waals surface area contributed by atoms with Gasteiger partial charge in [0.2, 0.25) is 0 Å². The Balaban J connectivity index is 1.96. The zero-order valence-corrected chi connectivity index (χ0v) is 12.2. The molecule has 0 saturated carbocycles. The predicted molar refractivity (Wildman–Crippen MR) is 78.6 cm³/mol. The van der Waals surface area contributed by atoms with Crippen molar-refractivity contribution >= 4 is 5.97 Å². The van der Waals surface area contributed by atoms with E-state index in [9.17, 15) is 9.90 Å². The number of aliphatic carboxylic acids is 1. The number of hydrogen-bond acceptors (Lipinski definition) is 5. The third kappa shape index (κ3) is 2.95. The van der Waals surface area contributed by atoms with E-state index in [-0.39, 0.29) is 26.3 Å². The molecule has 1 aromatic carbocycles. The van der Waals surface area contributed by atoms with Crippen LogP contribution < -0.4 is 4.74 Å². The minimum atomic E-state index is -2.73. The molecule has 3 rings (SSSR count). The molecule has 1 spiro atoms. The molecular formula is C16H21NO5. The second-order valence-corrected chi connectivity index (χ2v) is 5.24. The molecule has 0 radical (unpaired) electrons. The van der Waals surface area contributed by atoms with Gasteiger partial charge in [-0.2, -0.15) is 0 Å². The second-order valence-electron chi connectivity index (χ2n) is 5.24. The smallest absolute Gasteiger partial charge is 0.312 e. The summed E-state index contributed by atoms with van der Waals surface area (Å²) in [5.74, 6) is -4.33. The van der Waals surface area contributed by atoms with E-state index in [1.807, 2.05) is 0 Å². The Morgan fingerprint density at radius 1 is 1.45 bits per heavy atom. The molecule has 1 atom stereocenters. The van der Waals surface area contributed by atoms with Gasteiger partial charge in [-0.05, 0) is 30.6 Å². The van der Waals surface area contributed by atoms with Gasteiger partial charge in [0, 0.05) is 12.0 Å². The molecule has 1 N–H and O–H groups in total. The number of benzene rings is 1. The van der Waals surface area contributed by atoms with Crippen molar-refractivity contribution in [1.82, 2.24) is 4.90 Å². The van der Waals surface area contributed by atoms with Crippen molar-refractivity contribution in [3.8, 4) is 5.75 Å². The number of rotatable bonds is 4. The molecule has 2 aliphatic heterocycles. The molecule has 0 aliphatic carbocycles. The van der Waals surface area contributed by atoms with Crippen LogP contribution in [0.4, 0.5) is 0 Å². The number of carbonyl (C=O) groups is 1. The van der Waals surface area contributed by atoms with Crippen LogP contribution in [-0.2, 0) is 20.8 Å². The quantitative estimate of drug-likeness (QED) is 0.905. The average molecular weight is 311 g/mol. The van der Waals surface area contributed by atoms with Crippen LogP contribution in [-0.4, -0.2) is 55.1 Å². The summed E-state index contributed by atoms with van der Waals surface area (Å²) in [6.07, 6.45) is -2.73. The maximum absolute atomic E-state index is 11.8. The van der Waals surface area contributed by atoms with Gasteiger partial charge < -0.3 is 19.3 Å². The Kier molecular flexibility index (Phi) is 3.12. The molecule has 0 amide bonds. The van der Waals surface area contributed by atoms with E-state index in [0.717, 1.165) is 5.56 Å². The lowest BCUT2D eigenvalue weighted by Gasteiger charge is -2.42. The Morgan fingerprint density at radius 2 is 2.14 bits per heavy atom. The molecule has 0 aromatic heterocycles. The first-order valence-electron chi connectivity index (χ1n) is 9.03. The maximum Gasteiger partial charge on any atom is 0.312 e. The van der Waals surface area contributed by atoms with Crippen molar-refractivity contribution in [2.24, 2.45) is 5.92 Å². The number of carboxylic acid groups (broad SMARTS) is 1. The molecule has 1 unspecified atom stereocenters. The van der Waals surface area contributed by atoms with Crippen molar-refractivity contribution in [2.45, 2.75) is 18.7 Å². The van der Waals surface area contributed by atoms with E-state index >= 15 is 0 Å². The van der Waals surface area contributed by atoms with Crippen LogP contribution in [0.3, 0.4) is 0 Å². The lowest BCUT2D eigenvalue weighted by atomic mass is 9.90. The topological polar surface area (TPSA) is 68.2 Å². The van der Waals surface area contributed by atoms with Gasteiger partial charge in [-0.3, -0.25) is 9.69 Å². The third-order valence-corrected chi connectivity index (χ3v) is 3.77. The van der Waals surface area contributed by atoms with Crippen LogP contribution in [0, 0.1) is 5.92 Å². The molecule has 2 heterocycles. The lowest BCUT2D eigenvalue weighted by molar-refractivity contribution is -0.229. The van der Waals surface area contributed by atoms with Crippen LogP contribution in [0.2, 0.25) is 0 Å². The van der Waals surface area contributed by atoms with Gasteiger partial charge in [0.25, 0.3) is 0 Å². The fraction of sp³-hybridized carbons (Fsp3) is 0.562. The molecule has 6 nitrogen and oxygen atoms in total. The fourth-order valence-corrected chi connectivity index (χ4v) is 2.69. The molecule has 2 saturated heterocycles. The van der Waals surface area contributed by atoms with E-state index in [2.05, 4.69) is 0 Å². The molecule has 2 fully saturated rings. The van der Waals surface area contributed by atoms with Crippen molar-refractivity contribution in [2.75, 3.05) is 33.4 Å². The average Bonchev–Trinajstić information content (AvgIpc) is 3.01. The Morgan fingerprint density at radius 3 is 2.73 bits per heavy atom. The Labute approximate surface area is 135 Å². The normalized spacial score (nSPS) is 31.8. The van der Waals surface area contributed by atoms with E-state index in [4.69, 9.17) is 19.7 Å². The van der Waals surface area contributed by atoms with Crippen molar-refractivity contribution in [3.63, 3.8) is 0 Å². The van der Waals surface area contributed by atoms with E-state index in [1.54, 1.807) is 24.3 Å². The van der Waals surface area contributed by atoms with Crippen LogP contribution in [0.5, 0.6) is 5.75 Å². The summed E-state index contributed by atoms with van der Waals surface area (Å²) in [4.78, 5) is 13.0. The van der Waals surface area contributed by atoms with E-state index in [1.165, 1.54) is 12.0 Å². The summed E-state index contributed by atoms with van der Waals surface area (Å²) >= 11 is 0. The third-order valence-electron chi connectivity index (χ3n) is 3.77. The number of carboxylic acids is 1. The van der Waals surface area contributed by atoms with Gasteiger partial charge in [0.15, 0.2) is 5.79 Å². The summed E-state index contributed by atoms with van der Waals surface area (Å²) in [6.45, 7) is -2.38. The van der Waals surface area contributed by atoms with Gasteiger partial charge in [0.1, 0.15) is 11.7 Å². The van der Waals surface area contributed by atoms with Crippen LogP contribution >= 0.6 is 0 Å². The summed E-state index contributed by atoms with van der Waals surface area (Å²) in [5, 5.41) is 9.57. The van der Waals surface area contributed by atoms with Gasteiger partial charge in [-0.1, -0.05) is 12.1 Å². The van der Waals surface area contributed by atoms with E-state index in [0.29, 0.717) is 5.75 Å². The van der Waals surface area contributed by atoms with Crippen LogP contribution in [0.1, 0.15) is 17.4 Å². The molecule has 22 heavy (non-hydrogen) atoms. The first kappa shape index (κ1) is 11.0. The number of methoxy groups -OCH3 is 1. The van der Waals surface area contributed by atoms with Crippen molar-refractivity contribution in [3.05, 3.63) is 29.8 Å². The maximum atomic E-state index is 11.8. The summed E-state index contributed by atoms with van der Waals surface area (Å²) in [7, 11) is 1.54. The summed E-state index contributed by atoms with van der Waals surface area (Å²) in [6, 6.07) is 6.94. The largest absolute Gasteiger partial charge is 0.497 e. The number of piperidine rings is 1. The fourth-order valence-electron chi connectivity index (χ4n) is 2.69. The van der Waals surface area contributed by atoms with Gasteiger partial charge in [-0.15, -0.1) is 0 Å². The summed E-state index contributed by atoms with van der Waals surface area (Å²) < 4.78 is 49.3. The highest BCUT2D eigenvalue weighted by Gasteiger charge is 2.51. The molecule has 0 bridgehead atoms. The molecular weight excluding hydrogens is 286 g/mol.